The maximum Gasteiger partial charge on any atom is 0.0824 e. The fraction of sp³-hybridized carbons (Fsp3) is 0.364. The van der Waals surface area contributed by atoms with Gasteiger partial charge in [0.05, 0.1) is 6.10 Å². The number of rotatable bonds is 3. The molecule has 0 aromatic heterocycles. The van der Waals surface area contributed by atoms with Crippen LogP contribution >= 0.6 is 0 Å². The lowest BCUT2D eigenvalue weighted by atomic mass is 10.00. The molecular weight excluding hydrogens is 148 g/mol. The molecule has 0 spiro atoms. The Labute approximate surface area is 74.1 Å². The van der Waals surface area contributed by atoms with Gasteiger partial charge in [0.25, 0.3) is 0 Å². The van der Waals surface area contributed by atoms with Crippen LogP contribution in [0.15, 0.2) is 30.3 Å². The normalized spacial score (nSPS) is 13.3. The van der Waals surface area contributed by atoms with Gasteiger partial charge < -0.3 is 5.11 Å². The summed E-state index contributed by atoms with van der Waals surface area (Å²) < 4.78 is 0. The molecule has 1 aromatic rings. The van der Waals surface area contributed by atoms with Crippen molar-refractivity contribution in [3.05, 3.63) is 42.3 Å². The topological polar surface area (TPSA) is 20.2 Å². The third-order valence-corrected chi connectivity index (χ3v) is 1.71. The highest BCUT2D eigenvalue weighted by Crippen LogP contribution is 2.18. The number of hydrogen-bond acceptors (Lipinski definition) is 1. The van der Waals surface area contributed by atoms with Crippen molar-refractivity contribution in [3.8, 4) is 0 Å². The Hall–Kier alpha value is -0.820. The summed E-state index contributed by atoms with van der Waals surface area (Å²) in [5, 5.41) is 9.64. The van der Waals surface area contributed by atoms with E-state index in [1.165, 1.54) is 0 Å². The Morgan fingerprint density at radius 3 is 2.25 bits per heavy atom. The van der Waals surface area contributed by atoms with E-state index in [-0.39, 0.29) is 0 Å². The lowest BCUT2D eigenvalue weighted by Gasteiger charge is -2.12. The maximum absolute atomic E-state index is 9.64. The molecule has 0 saturated carbocycles. The monoisotopic (exact) mass is 163 g/mol. The minimum absolute atomic E-state index is 0.417. The lowest BCUT2D eigenvalue weighted by Crippen LogP contribution is -2.02. The van der Waals surface area contributed by atoms with E-state index in [1.54, 1.807) is 0 Å². The first-order valence-corrected chi connectivity index (χ1v) is 4.28. The Bertz CT molecular complexity index is 216. The molecular formula is C11H15O. The van der Waals surface area contributed by atoms with Gasteiger partial charge in [0, 0.05) is 0 Å². The average molecular weight is 163 g/mol. The Kier molecular flexibility index (Phi) is 3.30. The molecule has 1 nitrogen and oxygen atoms in total. The van der Waals surface area contributed by atoms with Gasteiger partial charge in [-0.15, -0.1) is 0 Å². The van der Waals surface area contributed by atoms with E-state index in [0.717, 1.165) is 5.56 Å². The molecule has 1 heteroatoms. The van der Waals surface area contributed by atoms with Gasteiger partial charge in [-0.2, -0.15) is 0 Å². The zero-order chi connectivity index (χ0) is 8.97. The molecule has 1 atom stereocenters. The summed E-state index contributed by atoms with van der Waals surface area (Å²) in [6.07, 6.45) is 1.50. The summed E-state index contributed by atoms with van der Waals surface area (Å²) in [4.78, 5) is 0. The predicted molar refractivity (Wildman–Crippen MR) is 50.5 cm³/mol. The molecule has 0 heterocycles. The minimum atomic E-state index is -0.425. The highest BCUT2D eigenvalue weighted by atomic mass is 16.3. The second-order valence-electron chi connectivity index (χ2n) is 3.29. The SMILES string of the molecule is CC(C)[CH]C(O)c1ccccc1. The highest BCUT2D eigenvalue weighted by molar-refractivity contribution is 5.19. The first kappa shape index (κ1) is 9.27. The second-order valence-corrected chi connectivity index (χ2v) is 3.29. The van der Waals surface area contributed by atoms with Crippen LogP contribution in [0.4, 0.5) is 0 Å². The van der Waals surface area contributed by atoms with Crippen LogP contribution in [0.25, 0.3) is 0 Å². The molecule has 0 aliphatic heterocycles. The molecule has 0 fully saturated rings. The van der Waals surface area contributed by atoms with Gasteiger partial charge in [-0.3, -0.25) is 0 Å². The van der Waals surface area contributed by atoms with E-state index in [0.29, 0.717) is 5.92 Å². The van der Waals surface area contributed by atoms with Crippen LogP contribution < -0.4 is 0 Å². The van der Waals surface area contributed by atoms with Crippen LogP contribution in [0.2, 0.25) is 0 Å². The summed E-state index contributed by atoms with van der Waals surface area (Å²) in [5.41, 5.74) is 0.964. The number of benzene rings is 1. The number of aliphatic hydroxyl groups excluding tert-OH is 1. The van der Waals surface area contributed by atoms with Crippen molar-refractivity contribution in [3.63, 3.8) is 0 Å². The van der Waals surface area contributed by atoms with Crippen molar-refractivity contribution in [2.45, 2.75) is 20.0 Å². The smallest absolute Gasteiger partial charge is 0.0824 e. The first-order chi connectivity index (χ1) is 5.70. The van der Waals surface area contributed by atoms with Crippen LogP contribution in [-0.4, -0.2) is 5.11 Å². The second kappa shape index (κ2) is 4.27. The van der Waals surface area contributed by atoms with Gasteiger partial charge in [-0.25, -0.2) is 0 Å². The quantitative estimate of drug-likeness (QED) is 0.726. The molecule has 0 aliphatic carbocycles. The third kappa shape index (κ3) is 2.67. The Morgan fingerprint density at radius 2 is 1.75 bits per heavy atom. The van der Waals surface area contributed by atoms with Gasteiger partial charge >= 0.3 is 0 Å². The summed E-state index contributed by atoms with van der Waals surface area (Å²) >= 11 is 0. The van der Waals surface area contributed by atoms with Crippen LogP contribution in [0, 0.1) is 12.3 Å². The fourth-order valence-electron chi connectivity index (χ4n) is 1.13. The molecule has 0 amide bonds. The van der Waals surface area contributed by atoms with Crippen molar-refractivity contribution in [2.75, 3.05) is 0 Å². The average Bonchev–Trinajstić information content (AvgIpc) is 2.05. The maximum atomic E-state index is 9.64. The summed E-state index contributed by atoms with van der Waals surface area (Å²) in [7, 11) is 0. The van der Waals surface area contributed by atoms with Gasteiger partial charge in [-0.1, -0.05) is 44.2 Å². The van der Waals surface area contributed by atoms with Crippen molar-refractivity contribution in [1.82, 2.24) is 0 Å². The molecule has 1 radical (unpaired) electrons. The van der Waals surface area contributed by atoms with Crippen LogP contribution in [0.5, 0.6) is 0 Å². The van der Waals surface area contributed by atoms with E-state index in [1.807, 2.05) is 36.8 Å². The summed E-state index contributed by atoms with van der Waals surface area (Å²) in [5.74, 6) is 0.417. The van der Waals surface area contributed by atoms with Crippen molar-refractivity contribution >= 4 is 0 Å². The summed E-state index contributed by atoms with van der Waals surface area (Å²) in [6, 6.07) is 9.69. The molecule has 65 valence electrons. The van der Waals surface area contributed by atoms with Crippen LogP contribution in [-0.2, 0) is 0 Å². The van der Waals surface area contributed by atoms with Gasteiger partial charge in [0.15, 0.2) is 0 Å². The van der Waals surface area contributed by atoms with Gasteiger partial charge in [0.2, 0.25) is 0 Å². The predicted octanol–water partition coefficient (Wildman–Crippen LogP) is 2.58. The molecule has 0 bridgehead atoms. The van der Waals surface area contributed by atoms with E-state index in [9.17, 15) is 5.11 Å². The van der Waals surface area contributed by atoms with E-state index in [2.05, 4.69) is 13.8 Å². The molecule has 0 aliphatic rings. The lowest BCUT2D eigenvalue weighted by molar-refractivity contribution is 0.199. The fourth-order valence-corrected chi connectivity index (χ4v) is 1.13. The van der Waals surface area contributed by atoms with Gasteiger partial charge in [-0.05, 0) is 17.9 Å². The first-order valence-electron chi connectivity index (χ1n) is 4.28. The molecule has 0 saturated heterocycles. The van der Waals surface area contributed by atoms with E-state index in [4.69, 9.17) is 0 Å². The van der Waals surface area contributed by atoms with Gasteiger partial charge in [0.1, 0.15) is 0 Å². The molecule has 12 heavy (non-hydrogen) atoms. The molecule has 1 unspecified atom stereocenters. The van der Waals surface area contributed by atoms with Crippen LogP contribution in [0.1, 0.15) is 25.5 Å². The largest absolute Gasteiger partial charge is 0.388 e. The van der Waals surface area contributed by atoms with Crippen molar-refractivity contribution in [2.24, 2.45) is 5.92 Å². The standard InChI is InChI=1S/C11H15O/c1-9(2)8-11(12)10-6-4-3-5-7-10/h3-9,11-12H,1-2H3. The Morgan fingerprint density at radius 1 is 1.17 bits per heavy atom. The number of aliphatic hydroxyl groups is 1. The van der Waals surface area contributed by atoms with Crippen LogP contribution in [0.3, 0.4) is 0 Å². The Balaban J connectivity index is 2.59. The third-order valence-electron chi connectivity index (χ3n) is 1.71. The van der Waals surface area contributed by atoms with E-state index < -0.39 is 6.10 Å². The molecule has 1 aromatic carbocycles. The summed E-state index contributed by atoms with van der Waals surface area (Å²) in [6.45, 7) is 4.12. The number of hydrogen-bond donors (Lipinski definition) is 1. The minimum Gasteiger partial charge on any atom is -0.388 e. The molecule has 1 rings (SSSR count). The highest BCUT2D eigenvalue weighted by Gasteiger charge is 2.08. The molecule has 1 N–H and O–H groups in total. The zero-order valence-corrected chi connectivity index (χ0v) is 7.57. The van der Waals surface area contributed by atoms with Crippen molar-refractivity contribution in [1.29, 1.82) is 0 Å². The zero-order valence-electron chi connectivity index (χ0n) is 7.57. The van der Waals surface area contributed by atoms with E-state index >= 15 is 0 Å². The van der Waals surface area contributed by atoms with Crippen molar-refractivity contribution < 1.29 is 5.11 Å².